The van der Waals surface area contributed by atoms with Gasteiger partial charge in [0.2, 0.25) is 5.91 Å². The molecule has 0 fully saturated rings. The van der Waals surface area contributed by atoms with Gasteiger partial charge in [-0.25, -0.2) is 0 Å². The summed E-state index contributed by atoms with van der Waals surface area (Å²) >= 11 is 0. The van der Waals surface area contributed by atoms with Crippen LogP contribution in [0.2, 0.25) is 0 Å². The minimum absolute atomic E-state index is 0.102. The molecule has 1 heterocycles. The maximum absolute atomic E-state index is 11.3. The quantitative estimate of drug-likeness (QED) is 0.668. The molecule has 0 atom stereocenters. The molecular formula is C12H19N3O. The average molecular weight is 221 g/mol. The first-order valence-corrected chi connectivity index (χ1v) is 5.69. The molecule has 1 aromatic heterocycles. The van der Waals surface area contributed by atoms with Crippen LogP contribution in [0, 0.1) is 0 Å². The summed E-state index contributed by atoms with van der Waals surface area (Å²) in [6, 6.07) is 3.92. The lowest BCUT2D eigenvalue weighted by Crippen LogP contribution is -2.29. The van der Waals surface area contributed by atoms with Crippen molar-refractivity contribution >= 4 is 5.91 Å². The highest BCUT2D eigenvalue weighted by Crippen LogP contribution is 1.95. The van der Waals surface area contributed by atoms with Crippen molar-refractivity contribution in [3.63, 3.8) is 0 Å². The molecule has 0 saturated heterocycles. The summed E-state index contributed by atoms with van der Waals surface area (Å²) in [4.78, 5) is 15.4. The summed E-state index contributed by atoms with van der Waals surface area (Å²) in [6.45, 7) is 4.36. The van der Waals surface area contributed by atoms with Gasteiger partial charge in [0.05, 0.1) is 0 Å². The second-order valence-corrected chi connectivity index (χ2v) is 3.56. The molecule has 16 heavy (non-hydrogen) atoms. The van der Waals surface area contributed by atoms with Gasteiger partial charge in [-0.15, -0.1) is 0 Å². The number of pyridine rings is 1. The Morgan fingerprint density at radius 1 is 1.44 bits per heavy atom. The highest BCUT2D eigenvalue weighted by molar-refractivity contribution is 5.76. The van der Waals surface area contributed by atoms with E-state index in [2.05, 4.69) is 15.6 Å². The van der Waals surface area contributed by atoms with E-state index in [-0.39, 0.29) is 5.91 Å². The average Bonchev–Trinajstić information content (AvgIpc) is 2.31. The van der Waals surface area contributed by atoms with Crippen LogP contribution < -0.4 is 10.6 Å². The van der Waals surface area contributed by atoms with Crippen molar-refractivity contribution in [2.24, 2.45) is 0 Å². The van der Waals surface area contributed by atoms with E-state index in [1.165, 1.54) is 0 Å². The molecule has 0 aliphatic carbocycles. The molecule has 1 aromatic rings. The number of rotatable bonds is 7. The second kappa shape index (κ2) is 7.82. The van der Waals surface area contributed by atoms with E-state index >= 15 is 0 Å². The Bertz CT molecular complexity index is 300. The SMILES string of the molecule is CCNCCC(=O)NCCc1cccnc1. The van der Waals surface area contributed by atoms with Gasteiger partial charge in [-0.05, 0) is 24.6 Å². The third kappa shape index (κ3) is 5.46. The highest BCUT2D eigenvalue weighted by atomic mass is 16.1. The van der Waals surface area contributed by atoms with Crippen LogP contribution in [-0.4, -0.2) is 30.5 Å². The molecular weight excluding hydrogens is 202 g/mol. The Kier molecular flexibility index (Phi) is 6.18. The van der Waals surface area contributed by atoms with Crippen molar-refractivity contribution in [3.05, 3.63) is 30.1 Å². The summed E-state index contributed by atoms with van der Waals surface area (Å²) in [5.74, 6) is 0.102. The van der Waals surface area contributed by atoms with Gasteiger partial charge in [0.1, 0.15) is 0 Å². The summed E-state index contributed by atoms with van der Waals surface area (Å²) in [5, 5.41) is 6.00. The summed E-state index contributed by atoms with van der Waals surface area (Å²) in [7, 11) is 0. The minimum Gasteiger partial charge on any atom is -0.356 e. The Morgan fingerprint density at radius 3 is 3.00 bits per heavy atom. The first-order valence-electron chi connectivity index (χ1n) is 5.69. The molecule has 0 saturated carbocycles. The molecule has 0 aliphatic rings. The zero-order chi connectivity index (χ0) is 11.6. The zero-order valence-electron chi connectivity index (χ0n) is 9.70. The molecule has 0 radical (unpaired) electrons. The van der Waals surface area contributed by atoms with Crippen molar-refractivity contribution in [3.8, 4) is 0 Å². The summed E-state index contributed by atoms with van der Waals surface area (Å²) in [6.07, 6.45) is 4.95. The first-order chi connectivity index (χ1) is 7.83. The van der Waals surface area contributed by atoms with E-state index in [4.69, 9.17) is 0 Å². The lowest BCUT2D eigenvalue weighted by Gasteiger charge is -2.05. The number of hydrogen-bond donors (Lipinski definition) is 2. The Hall–Kier alpha value is -1.42. The molecule has 0 bridgehead atoms. The highest BCUT2D eigenvalue weighted by Gasteiger charge is 1.99. The molecule has 1 rings (SSSR count). The number of nitrogens with one attached hydrogen (secondary N) is 2. The fourth-order valence-corrected chi connectivity index (χ4v) is 1.36. The predicted molar refractivity (Wildman–Crippen MR) is 64.1 cm³/mol. The van der Waals surface area contributed by atoms with E-state index in [9.17, 15) is 4.79 Å². The molecule has 4 nitrogen and oxygen atoms in total. The third-order valence-corrected chi connectivity index (χ3v) is 2.24. The Morgan fingerprint density at radius 2 is 2.31 bits per heavy atom. The summed E-state index contributed by atoms with van der Waals surface area (Å²) < 4.78 is 0. The standard InChI is InChI=1S/C12H19N3O/c1-2-13-8-6-12(16)15-9-5-11-4-3-7-14-10-11/h3-4,7,10,13H,2,5-6,8-9H2,1H3,(H,15,16). The fourth-order valence-electron chi connectivity index (χ4n) is 1.36. The van der Waals surface area contributed by atoms with Crippen LogP contribution in [0.15, 0.2) is 24.5 Å². The van der Waals surface area contributed by atoms with E-state index in [0.29, 0.717) is 13.0 Å². The molecule has 2 N–H and O–H groups in total. The van der Waals surface area contributed by atoms with Crippen LogP contribution >= 0.6 is 0 Å². The van der Waals surface area contributed by atoms with Gasteiger partial charge in [0.15, 0.2) is 0 Å². The monoisotopic (exact) mass is 221 g/mol. The van der Waals surface area contributed by atoms with Crippen molar-refractivity contribution in [1.29, 1.82) is 0 Å². The molecule has 0 aliphatic heterocycles. The fraction of sp³-hybridized carbons (Fsp3) is 0.500. The van der Waals surface area contributed by atoms with Gasteiger partial charge in [0, 0.05) is 31.9 Å². The lowest BCUT2D eigenvalue weighted by atomic mass is 10.2. The van der Waals surface area contributed by atoms with Crippen LogP contribution in [-0.2, 0) is 11.2 Å². The van der Waals surface area contributed by atoms with Crippen LogP contribution in [0.25, 0.3) is 0 Å². The largest absolute Gasteiger partial charge is 0.356 e. The summed E-state index contributed by atoms with van der Waals surface area (Å²) in [5.41, 5.74) is 1.15. The van der Waals surface area contributed by atoms with Crippen LogP contribution in [0.5, 0.6) is 0 Å². The van der Waals surface area contributed by atoms with Crippen LogP contribution in [0.3, 0.4) is 0 Å². The van der Waals surface area contributed by atoms with E-state index < -0.39 is 0 Å². The third-order valence-electron chi connectivity index (χ3n) is 2.24. The predicted octanol–water partition coefficient (Wildman–Crippen LogP) is 0.740. The van der Waals surface area contributed by atoms with E-state index in [1.807, 2.05) is 25.3 Å². The van der Waals surface area contributed by atoms with E-state index in [1.54, 1.807) is 6.20 Å². The molecule has 4 heteroatoms. The molecule has 0 spiro atoms. The van der Waals surface area contributed by atoms with Crippen molar-refractivity contribution < 1.29 is 4.79 Å². The topological polar surface area (TPSA) is 54.0 Å². The molecule has 1 amide bonds. The Labute approximate surface area is 96.5 Å². The van der Waals surface area contributed by atoms with Gasteiger partial charge in [0.25, 0.3) is 0 Å². The van der Waals surface area contributed by atoms with Crippen molar-refractivity contribution in [1.82, 2.24) is 15.6 Å². The Balaban J connectivity index is 2.09. The first kappa shape index (κ1) is 12.6. The van der Waals surface area contributed by atoms with Crippen LogP contribution in [0.1, 0.15) is 18.9 Å². The van der Waals surface area contributed by atoms with Gasteiger partial charge >= 0.3 is 0 Å². The normalized spacial score (nSPS) is 10.1. The van der Waals surface area contributed by atoms with Gasteiger partial charge < -0.3 is 10.6 Å². The van der Waals surface area contributed by atoms with Crippen LogP contribution in [0.4, 0.5) is 0 Å². The molecule has 0 aromatic carbocycles. The van der Waals surface area contributed by atoms with Crippen molar-refractivity contribution in [2.45, 2.75) is 19.8 Å². The lowest BCUT2D eigenvalue weighted by molar-refractivity contribution is -0.120. The number of nitrogens with zero attached hydrogens (tertiary/aromatic N) is 1. The smallest absolute Gasteiger partial charge is 0.221 e. The van der Waals surface area contributed by atoms with Crippen molar-refractivity contribution in [2.75, 3.05) is 19.6 Å². The second-order valence-electron chi connectivity index (χ2n) is 3.56. The molecule has 0 unspecified atom stereocenters. The van der Waals surface area contributed by atoms with Gasteiger partial charge in [-0.3, -0.25) is 9.78 Å². The number of hydrogen-bond acceptors (Lipinski definition) is 3. The number of carbonyl (C=O) groups excluding carboxylic acids is 1. The maximum Gasteiger partial charge on any atom is 0.221 e. The zero-order valence-corrected chi connectivity index (χ0v) is 9.70. The number of aromatic nitrogens is 1. The van der Waals surface area contributed by atoms with Gasteiger partial charge in [-0.1, -0.05) is 13.0 Å². The van der Waals surface area contributed by atoms with Gasteiger partial charge in [-0.2, -0.15) is 0 Å². The minimum atomic E-state index is 0.102. The molecule has 88 valence electrons. The number of carbonyl (C=O) groups is 1. The van der Waals surface area contributed by atoms with E-state index in [0.717, 1.165) is 25.1 Å². The number of amides is 1. The maximum atomic E-state index is 11.3.